The summed E-state index contributed by atoms with van der Waals surface area (Å²) in [7, 11) is 1.92. The average Bonchev–Trinajstić information content (AvgIpc) is 2.63. The van der Waals surface area contributed by atoms with Crippen LogP contribution in [0.3, 0.4) is 0 Å². The zero-order valence-electron chi connectivity index (χ0n) is 5.93. The highest BCUT2D eigenvalue weighted by Gasteiger charge is 2.28. The Morgan fingerprint density at radius 1 is 1.67 bits per heavy atom. The number of nitrogens with one attached hydrogen (secondary N) is 1. The Morgan fingerprint density at radius 3 is 2.78 bits per heavy atom. The molecule has 0 aromatic carbocycles. The van der Waals surface area contributed by atoms with Gasteiger partial charge in [-0.15, -0.1) is 0 Å². The third kappa shape index (κ3) is 2.33. The summed E-state index contributed by atoms with van der Waals surface area (Å²) >= 11 is 0. The van der Waals surface area contributed by atoms with Crippen LogP contribution < -0.4 is 5.32 Å². The van der Waals surface area contributed by atoms with Crippen LogP contribution in [0.4, 0.5) is 0 Å². The van der Waals surface area contributed by atoms with E-state index in [1.54, 1.807) is 0 Å². The van der Waals surface area contributed by atoms with E-state index in [1.807, 2.05) is 7.05 Å². The SMILES string of the molecule is CNCCC(O)C1CC1. The maximum atomic E-state index is 9.28. The fraction of sp³-hybridized carbons (Fsp3) is 1.00. The van der Waals surface area contributed by atoms with E-state index in [4.69, 9.17) is 0 Å². The molecule has 2 N–H and O–H groups in total. The number of hydrogen-bond acceptors (Lipinski definition) is 2. The second kappa shape index (κ2) is 3.18. The maximum Gasteiger partial charge on any atom is 0.0580 e. The van der Waals surface area contributed by atoms with Gasteiger partial charge in [-0.2, -0.15) is 0 Å². The van der Waals surface area contributed by atoms with E-state index in [-0.39, 0.29) is 6.10 Å². The molecular weight excluding hydrogens is 114 g/mol. The van der Waals surface area contributed by atoms with Crippen LogP contribution in [-0.2, 0) is 0 Å². The van der Waals surface area contributed by atoms with Crippen molar-refractivity contribution in [3.05, 3.63) is 0 Å². The Hall–Kier alpha value is -0.0800. The van der Waals surface area contributed by atoms with Gasteiger partial charge in [0.2, 0.25) is 0 Å². The lowest BCUT2D eigenvalue weighted by Gasteiger charge is -2.06. The standard InChI is InChI=1S/C7H15NO/c1-8-5-4-7(9)6-2-3-6/h6-9H,2-5H2,1H3. The van der Waals surface area contributed by atoms with Gasteiger partial charge in [-0.1, -0.05) is 0 Å². The Morgan fingerprint density at radius 2 is 2.33 bits per heavy atom. The normalized spacial score (nSPS) is 22.0. The zero-order chi connectivity index (χ0) is 6.69. The molecule has 54 valence electrons. The molecule has 9 heavy (non-hydrogen) atoms. The molecule has 2 nitrogen and oxygen atoms in total. The molecule has 1 saturated carbocycles. The third-order valence-electron chi connectivity index (χ3n) is 1.86. The molecule has 0 amide bonds. The van der Waals surface area contributed by atoms with Crippen molar-refractivity contribution in [2.24, 2.45) is 5.92 Å². The van der Waals surface area contributed by atoms with Gasteiger partial charge < -0.3 is 10.4 Å². The van der Waals surface area contributed by atoms with Gasteiger partial charge in [0.05, 0.1) is 6.10 Å². The third-order valence-corrected chi connectivity index (χ3v) is 1.86. The van der Waals surface area contributed by atoms with Gasteiger partial charge in [0, 0.05) is 0 Å². The lowest BCUT2D eigenvalue weighted by molar-refractivity contribution is 0.142. The highest BCUT2D eigenvalue weighted by molar-refractivity contribution is 4.80. The summed E-state index contributed by atoms with van der Waals surface area (Å²) in [6, 6.07) is 0. The van der Waals surface area contributed by atoms with Gasteiger partial charge in [0.15, 0.2) is 0 Å². The van der Waals surface area contributed by atoms with Crippen molar-refractivity contribution in [3.8, 4) is 0 Å². The average molecular weight is 129 g/mol. The molecular formula is C7H15NO. The predicted molar refractivity (Wildman–Crippen MR) is 37.3 cm³/mol. The topological polar surface area (TPSA) is 32.3 Å². The first-order valence-electron chi connectivity index (χ1n) is 3.67. The predicted octanol–water partition coefficient (Wildman–Crippen LogP) is 0.367. The number of aliphatic hydroxyl groups excluding tert-OH is 1. The molecule has 0 radical (unpaired) electrons. The van der Waals surface area contributed by atoms with E-state index in [2.05, 4.69) is 5.32 Å². The minimum absolute atomic E-state index is 0.0301. The summed E-state index contributed by atoms with van der Waals surface area (Å²) in [6.07, 6.45) is 3.37. The monoisotopic (exact) mass is 129 g/mol. The van der Waals surface area contributed by atoms with Crippen molar-refractivity contribution in [1.29, 1.82) is 0 Å². The quantitative estimate of drug-likeness (QED) is 0.574. The molecule has 1 aliphatic rings. The lowest BCUT2D eigenvalue weighted by Crippen LogP contribution is -2.17. The van der Waals surface area contributed by atoms with Gasteiger partial charge in [-0.25, -0.2) is 0 Å². The minimum Gasteiger partial charge on any atom is -0.393 e. The van der Waals surface area contributed by atoms with Crippen LogP contribution >= 0.6 is 0 Å². The van der Waals surface area contributed by atoms with Gasteiger partial charge in [0.25, 0.3) is 0 Å². The van der Waals surface area contributed by atoms with Crippen molar-refractivity contribution < 1.29 is 5.11 Å². The maximum absolute atomic E-state index is 9.28. The first-order chi connectivity index (χ1) is 4.34. The molecule has 0 heterocycles. The number of hydrogen-bond donors (Lipinski definition) is 2. The molecule has 0 aromatic heterocycles. The van der Waals surface area contributed by atoms with Gasteiger partial charge in [0.1, 0.15) is 0 Å². The minimum atomic E-state index is -0.0301. The smallest absolute Gasteiger partial charge is 0.0580 e. The van der Waals surface area contributed by atoms with E-state index in [0.29, 0.717) is 5.92 Å². The van der Waals surface area contributed by atoms with Crippen LogP contribution in [0.1, 0.15) is 19.3 Å². The van der Waals surface area contributed by atoms with Crippen LogP contribution in [0.5, 0.6) is 0 Å². The van der Waals surface area contributed by atoms with Crippen molar-refractivity contribution in [1.82, 2.24) is 5.32 Å². The van der Waals surface area contributed by atoms with Crippen LogP contribution in [0.15, 0.2) is 0 Å². The van der Waals surface area contributed by atoms with E-state index >= 15 is 0 Å². The molecule has 0 saturated heterocycles. The van der Waals surface area contributed by atoms with E-state index < -0.39 is 0 Å². The van der Waals surface area contributed by atoms with Crippen molar-refractivity contribution in [2.45, 2.75) is 25.4 Å². The highest BCUT2D eigenvalue weighted by Crippen LogP contribution is 2.33. The largest absolute Gasteiger partial charge is 0.393 e. The Kier molecular flexibility index (Phi) is 2.49. The van der Waals surface area contributed by atoms with Crippen molar-refractivity contribution in [2.75, 3.05) is 13.6 Å². The summed E-state index contributed by atoms with van der Waals surface area (Å²) in [5, 5.41) is 12.3. The fourth-order valence-corrected chi connectivity index (χ4v) is 1.01. The number of aliphatic hydroxyl groups is 1. The van der Waals surface area contributed by atoms with Gasteiger partial charge in [-0.3, -0.25) is 0 Å². The Labute approximate surface area is 56.3 Å². The molecule has 1 atom stereocenters. The van der Waals surface area contributed by atoms with Crippen LogP contribution in [0.25, 0.3) is 0 Å². The molecule has 1 fully saturated rings. The summed E-state index contributed by atoms with van der Waals surface area (Å²) in [4.78, 5) is 0. The Balaban J connectivity index is 1.96. The highest BCUT2D eigenvalue weighted by atomic mass is 16.3. The van der Waals surface area contributed by atoms with Crippen LogP contribution in [0.2, 0.25) is 0 Å². The Bertz CT molecular complexity index is 81.0. The van der Waals surface area contributed by atoms with Crippen molar-refractivity contribution >= 4 is 0 Å². The van der Waals surface area contributed by atoms with E-state index in [0.717, 1.165) is 13.0 Å². The molecule has 1 aliphatic carbocycles. The van der Waals surface area contributed by atoms with E-state index in [1.165, 1.54) is 12.8 Å². The first-order valence-corrected chi connectivity index (χ1v) is 3.67. The second-order valence-corrected chi connectivity index (χ2v) is 2.80. The van der Waals surface area contributed by atoms with E-state index in [9.17, 15) is 5.11 Å². The molecule has 0 bridgehead atoms. The molecule has 0 spiro atoms. The van der Waals surface area contributed by atoms with Crippen LogP contribution in [-0.4, -0.2) is 24.8 Å². The summed E-state index contributed by atoms with van der Waals surface area (Å²) < 4.78 is 0. The summed E-state index contributed by atoms with van der Waals surface area (Å²) in [5.74, 6) is 0.637. The summed E-state index contributed by atoms with van der Waals surface area (Å²) in [6.45, 7) is 0.942. The van der Waals surface area contributed by atoms with Crippen LogP contribution in [0, 0.1) is 5.92 Å². The molecule has 0 aliphatic heterocycles. The molecule has 1 rings (SSSR count). The molecule has 2 heteroatoms. The lowest BCUT2D eigenvalue weighted by atomic mass is 10.2. The summed E-state index contributed by atoms with van der Waals surface area (Å²) in [5.41, 5.74) is 0. The number of rotatable bonds is 4. The van der Waals surface area contributed by atoms with Gasteiger partial charge >= 0.3 is 0 Å². The second-order valence-electron chi connectivity index (χ2n) is 2.80. The zero-order valence-corrected chi connectivity index (χ0v) is 5.93. The molecule has 0 aromatic rings. The van der Waals surface area contributed by atoms with Gasteiger partial charge in [-0.05, 0) is 38.8 Å². The first kappa shape index (κ1) is 7.03. The van der Waals surface area contributed by atoms with Crippen molar-refractivity contribution in [3.63, 3.8) is 0 Å². The fourth-order valence-electron chi connectivity index (χ4n) is 1.01. The molecule has 1 unspecified atom stereocenters.